The second-order valence-corrected chi connectivity index (χ2v) is 7.70. The first-order chi connectivity index (χ1) is 13.1. The maximum absolute atomic E-state index is 9.58. The number of aliphatic imine (C=N–C) groups is 1. The number of aromatic nitrogens is 1. The van der Waals surface area contributed by atoms with E-state index in [0.717, 1.165) is 48.7 Å². The Kier molecular flexibility index (Phi) is 4.98. The summed E-state index contributed by atoms with van der Waals surface area (Å²) in [5, 5.41) is 17.0. The predicted molar refractivity (Wildman–Crippen MR) is 109 cm³/mol. The Morgan fingerprint density at radius 2 is 2.07 bits per heavy atom. The van der Waals surface area contributed by atoms with E-state index < -0.39 is 0 Å². The lowest BCUT2D eigenvalue weighted by Crippen LogP contribution is -2.55. The van der Waals surface area contributed by atoms with E-state index in [1.54, 1.807) is 12.1 Å². The number of pyridine rings is 1. The van der Waals surface area contributed by atoms with Gasteiger partial charge < -0.3 is 15.7 Å². The van der Waals surface area contributed by atoms with Gasteiger partial charge in [-0.1, -0.05) is 6.92 Å². The van der Waals surface area contributed by atoms with Gasteiger partial charge in [-0.3, -0.25) is 9.98 Å². The molecule has 0 aliphatic carbocycles. The molecule has 5 heteroatoms. The van der Waals surface area contributed by atoms with Gasteiger partial charge in [0, 0.05) is 35.5 Å². The highest BCUT2D eigenvalue weighted by Gasteiger charge is 2.30. The molecule has 5 nitrogen and oxygen atoms in total. The minimum atomic E-state index is 0.163. The molecule has 2 aliphatic rings. The zero-order chi connectivity index (χ0) is 18.9. The molecule has 2 aliphatic heterocycles. The van der Waals surface area contributed by atoms with Crippen molar-refractivity contribution in [3.8, 4) is 17.0 Å². The quantitative estimate of drug-likeness (QED) is 0.761. The molecule has 0 saturated carbocycles. The molecule has 1 aromatic carbocycles. The van der Waals surface area contributed by atoms with Crippen molar-refractivity contribution in [1.29, 1.82) is 0 Å². The Balaban J connectivity index is 1.66. The zero-order valence-electron chi connectivity index (χ0n) is 16.2. The minimum absolute atomic E-state index is 0.163. The Labute approximate surface area is 161 Å². The van der Waals surface area contributed by atoms with Crippen LogP contribution in [0.4, 0.5) is 0 Å². The number of phenols is 1. The number of rotatable bonds is 5. The molecule has 0 amide bonds. The van der Waals surface area contributed by atoms with Crippen LogP contribution in [0.2, 0.25) is 0 Å². The summed E-state index contributed by atoms with van der Waals surface area (Å²) < 4.78 is 0. The second-order valence-electron chi connectivity index (χ2n) is 7.70. The highest BCUT2D eigenvalue weighted by atomic mass is 16.3. The van der Waals surface area contributed by atoms with Crippen molar-refractivity contribution in [3.05, 3.63) is 47.2 Å². The molecule has 142 valence electrons. The van der Waals surface area contributed by atoms with Crippen molar-refractivity contribution in [2.45, 2.75) is 51.7 Å². The van der Waals surface area contributed by atoms with Crippen molar-refractivity contribution >= 4 is 5.71 Å². The first-order valence-corrected chi connectivity index (χ1v) is 9.89. The van der Waals surface area contributed by atoms with Gasteiger partial charge in [0.25, 0.3) is 0 Å². The summed E-state index contributed by atoms with van der Waals surface area (Å²) in [6, 6.07) is 9.45. The average Bonchev–Trinajstić information content (AvgIpc) is 3.08. The van der Waals surface area contributed by atoms with E-state index in [2.05, 4.69) is 35.5 Å². The van der Waals surface area contributed by atoms with E-state index in [0.29, 0.717) is 6.54 Å². The van der Waals surface area contributed by atoms with Crippen molar-refractivity contribution in [3.63, 3.8) is 0 Å². The van der Waals surface area contributed by atoms with Gasteiger partial charge in [0.15, 0.2) is 0 Å². The normalized spacial score (nSPS) is 21.8. The van der Waals surface area contributed by atoms with Crippen LogP contribution in [0.1, 0.15) is 49.9 Å². The molecule has 1 saturated heterocycles. The third kappa shape index (κ3) is 3.62. The summed E-state index contributed by atoms with van der Waals surface area (Å²) in [5.41, 5.74) is 6.74. The SMILES string of the molecule is CCC1(NCc2cc(-c3ccc(O)cc3)nc3c2C(C)=NC3)CCCNC1. The van der Waals surface area contributed by atoms with Crippen LogP contribution in [-0.2, 0) is 13.1 Å². The number of aromatic hydroxyl groups is 1. The monoisotopic (exact) mass is 364 g/mol. The van der Waals surface area contributed by atoms with Crippen LogP contribution >= 0.6 is 0 Å². The summed E-state index contributed by atoms with van der Waals surface area (Å²) in [7, 11) is 0. The van der Waals surface area contributed by atoms with Crippen molar-refractivity contribution in [2.24, 2.45) is 4.99 Å². The number of benzene rings is 1. The lowest BCUT2D eigenvalue weighted by molar-refractivity contribution is 0.238. The first-order valence-electron chi connectivity index (χ1n) is 9.89. The number of piperidine rings is 1. The Morgan fingerprint density at radius 1 is 1.26 bits per heavy atom. The summed E-state index contributed by atoms with van der Waals surface area (Å²) >= 11 is 0. The molecular formula is C22H28N4O. The van der Waals surface area contributed by atoms with Crippen LogP contribution in [0.15, 0.2) is 35.3 Å². The largest absolute Gasteiger partial charge is 0.508 e. The molecular weight excluding hydrogens is 336 g/mol. The Hall–Kier alpha value is -2.24. The molecule has 1 aromatic heterocycles. The fraction of sp³-hybridized carbons (Fsp3) is 0.455. The molecule has 0 radical (unpaired) electrons. The van der Waals surface area contributed by atoms with Gasteiger partial charge in [0.2, 0.25) is 0 Å². The van der Waals surface area contributed by atoms with Gasteiger partial charge in [-0.2, -0.15) is 0 Å². The number of hydrogen-bond donors (Lipinski definition) is 3. The summed E-state index contributed by atoms with van der Waals surface area (Å²) in [4.78, 5) is 9.48. The summed E-state index contributed by atoms with van der Waals surface area (Å²) in [5.74, 6) is 0.274. The molecule has 1 unspecified atom stereocenters. The average molecular weight is 364 g/mol. The van der Waals surface area contributed by atoms with Gasteiger partial charge in [-0.15, -0.1) is 0 Å². The standard InChI is InChI=1S/C22H28N4O/c1-3-22(9-4-10-23-14-22)25-12-17-11-19(16-5-7-18(27)8-6-16)26-20-13-24-15(2)21(17)20/h5-8,11,23,25,27H,3-4,9-10,12-14H2,1-2H3. The maximum atomic E-state index is 9.58. The number of nitrogens with zero attached hydrogens (tertiary/aromatic N) is 2. The predicted octanol–water partition coefficient (Wildman–Crippen LogP) is 3.40. The Bertz CT molecular complexity index is 851. The summed E-state index contributed by atoms with van der Waals surface area (Å²) in [6.07, 6.45) is 3.54. The van der Waals surface area contributed by atoms with Crippen LogP contribution in [0.3, 0.4) is 0 Å². The zero-order valence-corrected chi connectivity index (χ0v) is 16.2. The van der Waals surface area contributed by atoms with E-state index in [4.69, 9.17) is 4.98 Å². The van der Waals surface area contributed by atoms with Gasteiger partial charge >= 0.3 is 0 Å². The van der Waals surface area contributed by atoms with Crippen molar-refractivity contribution < 1.29 is 5.11 Å². The van der Waals surface area contributed by atoms with E-state index in [1.807, 2.05) is 12.1 Å². The van der Waals surface area contributed by atoms with Gasteiger partial charge in [-0.25, -0.2) is 0 Å². The van der Waals surface area contributed by atoms with Crippen LogP contribution in [0.5, 0.6) is 5.75 Å². The van der Waals surface area contributed by atoms with Crippen LogP contribution in [-0.4, -0.2) is 34.4 Å². The molecule has 3 heterocycles. The van der Waals surface area contributed by atoms with E-state index in [1.165, 1.54) is 24.0 Å². The summed E-state index contributed by atoms with van der Waals surface area (Å²) in [6.45, 7) is 7.96. The second kappa shape index (κ2) is 7.41. The fourth-order valence-corrected chi connectivity index (χ4v) is 4.23. The number of fused-ring (bicyclic) bond motifs is 1. The first kappa shape index (κ1) is 18.1. The van der Waals surface area contributed by atoms with Gasteiger partial charge in [-0.05, 0) is 68.6 Å². The number of hydrogen-bond acceptors (Lipinski definition) is 5. The van der Waals surface area contributed by atoms with E-state index in [-0.39, 0.29) is 11.3 Å². The van der Waals surface area contributed by atoms with Crippen molar-refractivity contribution in [2.75, 3.05) is 13.1 Å². The smallest absolute Gasteiger partial charge is 0.115 e. The molecule has 4 rings (SSSR count). The molecule has 1 atom stereocenters. The third-order valence-electron chi connectivity index (χ3n) is 5.97. The lowest BCUT2D eigenvalue weighted by Gasteiger charge is -2.38. The Morgan fingerprint density at radius 3 is 2.78 bits per heavy atom. The molecule has 27 heavy (non-hydrogen) atoms. The molecule has 1 fully saturated rings. The molecule has 3 N–H and O–H groups in total. The van der Waals surface area contributed by atoms with Crippen LogP contribution in [0.25, 0.3) is 11.3 Å². The lowest BCUT2D eigenvalue weighted by atomic mass is 9.87. The number of phenolic OH excluding ortho intramolecular Hbond substituents is 1. The van der Waals surface area contributed by atoms with E-state index in [9.17, 15) is 5.11 Å². The van der Waals surface area contributed by atoms with Crippen molar-refractivity contribution in [1.82, 2.24) is 15.6 Å². The minimum Gasteiger partial charge on any atom is -0.508 e. The maximum Gasteiger partial charge on any atom is 0.115 e. The molecule has 0 spiro atoms. The highest BCUT2D eigenvalue weighted by Crippen LogP contribution is 2.29. The van der Waals surface area contributed by atoms with Crippen LogP contribution < -0.4 is 10.6 Å². The topological polar surface area (TPSA) is 69.5 Å². The third-order valence-corrected chi connectivity index (χ3v) is 5.97. The van der Waals surface area contributed by atoms with Gasteiger partial charge in [0.05, 0.1) is 17.9 Å². The van der Waals surface area contributed by atoms with Crippen LogP contribution in [0, 0.1) is 0 Å². The number of nitrogens with one attached hydrogen (secondary N) is 2. The molecule has 2 aromatic rings. The fourth-order valence-electron chi connectivity index (χ4n) is 4.23. The molecule has 0 bridgehead atoms. The van der Waals surface area contributed by atoms with E-state index >= 15 is 0 Å². The highest BCUT2D eigenvalue weighted by molar-refractivity contribution is 6.03. The van der Waals surface area contributed by atoms with Gasteiger partial charge in [0.1, 0.15) is 5.75 Å².